The molecule has 1 atom stereocenters. The van der Waals surface area contributed by atoms with Crippen LogP contribution < -0.4 is 10.2 Å². The van der Waals surface area contributed by atoms with E-state index in [1.165, 1.54) is 19.3 Å². The number of anilines is 1. The van der Waals surface area contributed by atoms with Crippen LogP contribution in [0.5, 0.6) is 0 Å². The highest BCUT2D eigenvalue weighted by Gasteiger charge is 2.14. The lowest BCUT2D eigenvalue weighted by Gasteiger charge is -2.27. The largest absolute Gasteiger partial charge is 0.355 e. The van der Waals surface area contributed by atoms with Gasteiger partial charge in [-0.15, -0.1) is 0 Å². The molecule has 1 aromatic heterocycles. The number of carbonyl (C=O) groups excluding carboxylic acids is 1. The Hall–Kier alpha value is -1.65. The summed E-state index contributed by atoms with van der Waals surface area (Å²) >= 11 is 0. The van der Waals surface area contributed by atoms with Crippen LogP contribution >= 0.6 is 0 Å². The van der Waals surface area contributed by atoms with E-state index in [2.05, 4.69) is 20.2 Å². The van der Waals surface area contributed by atoms with Crippen LogP contribution in [0.25, 0.3) is 0 Å². The molecule has 1 aliphatic rings. The van der Waals surface area contributed by atoms with Gasteiger partial charge in [0.2, 0.25) is 0 Å². The van der Waals surface area contributed by atoms with E-state index in [1.54, 1.807) is 12.4 Å². The minimum atomic E-state index is -0.146. The summed E-state index contributed by atoms with van der Waals surface area (Å²) < 4.78 is 0. The van der Waals surface area contributed by atoms with E-state index in [0.717, 1.165) is 25.3 Å². The van der Waals surface area contributed by atoms with Crippen LogP contribution in [0.2, 0.25) is 0 Å². The predicted octanol–water partition coefficient (Wildman–Crippen LogP) is 2.00. The smallest absolute Gasteiger partial charge is 0.271 e. The Labute approximate surface area is 114 Å². The minimum Gasteiger partial charge on any atom is -0.355 e. The number of amides is 1. The summed E-state index contributed by atoms with van der Waals surface area (Å²) in [4.78, 5) is 22.7. The van der Waals surface area contributed by atoms with Crippen LogP contribution in [0.15, 0.2) is 12.4 Å². The average molecular weight is 262 g/mol. The van der Waals surface area contributed by atoms with Crippen molar-refractivity contribution < 1.29 is 4.79 Å². The summed E-state index contributed by atoms with van der Waals surface area (Å²) in [5.41, 5.74) is 0.390. The molecule has 5 heteroatoms. The van der Waals surface area contributed by atoms with Gasteiger partial charge in [-0.3, -0.25) is 4.79 Å². The molecular formula is C14H22N4O. The molecule has 1 saturated heterocycles. The van der Waals surface area contributed by atoms with Crippen molar-refractivity contribution in [1.29, 1.82) is 0 Å². The summed E-state index contributed by atoms with van der Waals surface area (Å²) in [7, 11) is 0. The topological polar surface area (TPSA) is 58.1 Å². The molecule has 2 rings (SSSR count). The second-order valence-corrected chi connectivity index (χ2v) is 5.09. The standard InChI is InChI=1S/C14H22N4O/c1-3-11(2)17-14(19)12-9-16-13(10-15-12)18-7-5-4-6-8-18/h9-11H,3-8H2,1-2H3,(H,17,19). The highest BCUT2D eigenvalue weighted by molar-refractivity contribution is 5.92. The van der Waals surface area contributed by atoms with Gasteiger partial charge in [-0.25, -0.2) is 9.97 Å². The van der Waals surface area contributed by atoms with Crippen LogP contribution in [-0.2, 0) is 0 Å². The molecule has 0 aromatic carbocycles. The van der Waals surface area contributed by atoms with Crippen molar-refractivity contribution in [2.75, 3.05) is 18.0 Å². The summed E-state index contributed by atoms with van der Waals surface area (Å²) in [6.07, 6.45) is 7.89. The number of hydrogen-bond donors (Lipinski definition) is 1. The zero-order valence-electron chi connectivity index (χ0n) is 11.7. The molecule has 19 heavy (non-hydrogen) atoms. The first-order valence-electron chi connectivity index (χ1n) is 7.08. The summed E-state index contributed by atoms with van der Waals surface area (Å²) in [5.74, 6) is 0.729. The second-order valence-electron chi connectivity index (χ2n) is 5.09. The lowest BCUT2D eigenvalue weighted by Crippen LogP contribution is -2.33. The van der Waals surface area contributed by atoms with Crippen molar-refractivity contribution in [3.63, 3.8) is 0 Å². The highest BCUT2D eigenvalue weighted by atomic mass is 16.1. The first-order valence-corrected chi connectivity index (χ1v) is 7.08. The van der Waals surface area contributed by atoms with Crippen LogP contribution in [0.3, 0.4) is 0 Å². The van der Waals surface area contributed by atoms with E-state index in [1.807, 2.05) is 13.8 Å². The second kappa shape index (κ2) is 6.50. The zero-order valence-corrected chi connectivity index (χ0v) is 11.7. The van der Waals surface area contributed by atoms with E-state index < -0.39 is 0 Å². The molecule has 0 aliphatic carbocycles. The minimum absolute atomic E-state index is 0.146. The fourth-order valence-corrected chi connectivity index (χ4v) is 2.12. The molecule has 0 radical (unpaired) electrons. The van der Waals surface area contributed by atoms with E-state index in [9.17, 15) is 4.79 Å². The fraction of sp³-hybridized carbons (Fsp3) is 0.643. The molecule has 1 N–H and O–H groups in total. The summed E-state index contributed by atoms with van der Waals surface area (Å²) in [6.45, 7) is 6.09. The van der Waals surface area contributed by atoms with Gasteiger partial charge in [0.15, 0.2) is 0 Å². The lowest BCUT2D eigenvalue weighted by molar-refractivity contribution is 0.0934. The molecule has 1 fully saturated rings. The number of hydrogen-bond acceptors (Lipinski definition) is 4. The quantitative estimate of drug-likeness (QED) is 0.901. The number of piperidine rings is 1. The van der Waals surface area contributed by atoms with Crippen LogP contribution in [0, 0.1) is 0 Å². The van der Waals surface area contributed by atoms with Gasteiger partial charge in [0.25, 0.3) is 5.91 Å². The molecule has 5 nitrogen and oxygen atoms in total. The first-order chi connectivity index (χ1) is 9.20. The Morgan fingerprint density at radius 2 is 2.05 bits per heavy atom. The Kier molecular flexibility index (Phi) is 4.71. The van der Waals surface area contributed by atoms with Crippen LogP contribution in [0.1, 0.15) is 50.0 Å². The van der Waals surface area contributed by atoms with Crippen LogP contribution in [-0.4, -0.2) is 35.0 Å². The molecule has 1 amide bonds. The van der Waals surface area contributed by atoms with E-state index in [-0.39, 0.29) is 11.9 Å². The third-order valence-corrected chi connectivity index (χ3v) is 3.54. The van der Waals surface area contributed by atoms with Gasteiger partial charge in [0.05, 0.1) is 12.4 Å². The number of aromatic nitrogens is 2. The zero-order chi connectivity index (χ0) is 13.7. The molecule has 1 unspecified atom stereocenters. The highest BCUT2D eigenvalue weighted by Crippen LogP contribution is 2.16. The van der Waals surface area contributed by atoms with E-state index in [4.69, 9.17) is 0 Å². The van der Waals surface area contributed by atoms with Crippen molar-refractivity contribution in [2.45, 2.75) is 45.6 Å². The number of nitrogens with zero attached hydrogens (tertiary/aromatic N) is 3. The number of carbonyl (C=O) groups is 1. The van der Waals surface area contributed by atoms with Crippen molar-refractivity contribution in [2.24, 2.45) is 0 Å². The van der Waals surface area contributed by atoms with Gasteiger partial charge in [-0.2, -0.15) is 0 Å². The van der Waals surface area contributed by atoms with Gasteiger partial charge in [0.1, 0.15) is 11.5 Å². The summed E-state index contributed by atoms with van der Waals surface area (Å²) in [6, 6.07) is 0.163. The Morgan fingerprint density at radius 1 is 1.32 bits per heavy atom. The molecule has 0 bridgehead atoms. The summed E-state index contributed by atoms with van der Waals surface area (Å²) in [5, 5.41) is 2.89. The molecule has 2 heterocycles. The molecule has 104 valence electrons. The van der Waals surface area contributed by atoms with E-state index >= 15 is 0 Å². The van der Waals surface area contributed by atoms with Crippen molar-refractivity contribution in [3.8, 4) is 0 Å². The predicted molar refractivity (Wildman–Crippen MR) is 75.3 cm³/mol. The first kappa shape index (κ1) is 13.8. The SMILES string of the molecule is CCC(C)NC(=O)c1cnc(N2CCCCC2)cn1. The number of nitrogens with one attached hydrogen (secondary N) is 1. The maximum atomic E-state index is 11.9. The molecule has 1 aliphatic heterocycles. The van der Waals surface area contributed by atoms with Gasteiger partial charge in [0, 0.05) is 19.1 Å². The Bertz CT molecular complexity index is 412. The van der Waals surface area contributed by atoms with Crippen molar-refractivity contribution in [1.82, 2.24) is 15.3 Å². The normalized spacial score (nSPS) is 17.1. The Balaban J connectivity index is 1.99. The molecule has 1 aromatic rings. The third-order valence-electron chi connectivity index (χ3n) is 3.54. The van der Waals surface area contributed by atoms with Crippen molar-refractivity contribution in [3.05, 3.63) is 18.1 Å². The van der Waals surface area contributed by atoms with Crippen molar-refractivity contribution >= 4 is 11.7 Å². The maximum Gasteiger partial charge on any atom is 0.271 e. The average Bonchev–Trinajstić information content (AvgIpc) is 2.48. The van der Waals surface area contributed by atoms with Crippen LogP contribution in [0.4, 0.5) is 5.82 Å². The lowest BCUT2D eigenvalue weighted by atomic mass is 10.1. The molecule has 0 saturated carbocycles. The monoisotopic (exact) mass is 262 g/mol. The Morgan fingerprint density at radius 3 is 2.63 bits per heavy atom. The fourth-order valence-electron chi connectivity index (χ4n) is 2.12. The molecule has 0 spiro atoms. The maximum absolute atomic E-state index is 11.9. The van der Waals surface area contributed by atoms with Gasteiger partial charge in [-0.1, -0.05) is 6.92 Å². The molecular weight excluding hydrogens is 240 g/mol. The van der Waals surface area contributed by atoms with Gasteiger partial charge < -0.3 is 10.2 Å². The van der Waals surface area contributed by atoms with Gasteiger partial charge in [-0.05, 0) is 32.6 Å². The number of rotatable bonds is 4. The van der Waals surface area contributed by atoms with Gasteiger partial charge >= 0.3 is 0 Å². The third kappa shape index (κ3) is 3.66. The van der Waals surface area contributed by atoms with E-state index in [0.29, 0.717) is 5.69 Å².